The zero-order chi connectivity index (χ0) is 18.8. The number of aryl methyl sites for hydroxylation is 2. The summed E-state index contributed by atoms with van der Waals surface area (Å²) in [4.78, 5) is 14.4. The van der Waals surface area contributed by atoms with Crippen LogP contribution in [0.1, 0.15) is 38.3 Å². The lowest BCUT2D eigenvalue weighted by atomic mass is 10.1. The first-order valence-corrected chi connectivity index (χ1v) is 10.1. The molecule has 1 fully saturated rings. The summed E-state index contributed by atoms with van der Waals surface area (Å²) in [6, 6.07) is 5.24. The highest BCUT2D eigenvalue weighted by atomic mass is 32.2. The molecule has 0 atom stereocenters. The van der Waals surface area contributed by atoms with E-state index in [1.54, 1.807) is 11.0 Å². The third-order valence-corrected chi connectivity index (χ3v) is 6.23. The van der Waals surface area contributed by atoms with Crippen LogP contribution in [-0.2, 0) is 10.0 Å². The van der Waals surface area contributed by atoms with E-state index < -0.39 is 10.0 Å². The number of amides is 2. The first-order chi connectivity index (χ1) is 11.5. The minimum Gasteiger partial charge on any atom is -0.333 e. The van der Waals surface area contributed by atoms with Crippen LogP contribution in [0.4, 0.5) is 4.79 Å². The van der Waals surface area contributed by atoms with E-state index in [2.05, 4.69) is 5.32 Å². The van der Waals surface area contributed by atoms with E-state index in [1.165, 1.54) is 4.31 Å². The lowest BCUT2D eigenvalue weighted by Gasteiger charge is -2.27. The molecule has 7 heteroatoms. The van der Waals surface area contributed by atoms with Gasteiger partial charge in [-0.05, 0) is 52.7 Å². The van der Waals surface area contributed by atoms with Crippen molar-refractivity contribution >= 4 is 16.1 Å². The monoisotopic (exact) mass is 367 g/mol. The Labute approximate surface area is 151 Å². The molecule has 6 nitrogen and oxygen atoms in total. The molecule has 0 radical (unpaired) electrons. The van der Waals surface area contributed by atoms with Gasteiger partial charge in [-0.1, -0.05) is 17.7 Å². The molecule has 1 aromatic rings. The van der Waals surface area contributed by atoms with Crippen molar-refractivity contribution in [2.75, 3.05) is 26.2 Å². The van der Waals surface area contributed by atoms with Crippen LogP contribution in [0.5, 0.6) is 0 Å². The third kappa shape index (κ3) is 4.95. The lowest BCUT2D eigenvalue weighted by Crippen LogP contribution is -2.49. The number of hydrogen-bond acceptors (Lipinski definition) is 3. The number of sulfonamides is 1. The van der Waals surface area contributed by atoms with Gasteiger partial charge >= 0.3 is 6.03 Å². The molecule has 0 saturated carbocycles. The molecular formula is C18H29N3O3S. The first kappa shape index (κ1) is 19.7. The van der Waals surface area contributed by atoms with E-state index >= 15 is 0 Å². The van der Waals surface area contributed by atoms with Crippen LogP contribution in [0.15, 0.2) is 23.1 Å². The van der Waals surface area contributed by atoms with Crippen LogP contribution in [0, 0.1) is 13.8 Å². The van der Waals surface area contributed by atoms with Crippen LogP contribution in [0.3, 0.4) is 0 Å². The largest absolute Gasteiger partial charge is 0.333 e. The van der Waals surface area contributed by atoms with Crippen LogP contribution >= 0.6 is 0 Å². The SMILES string of the molecule is Cc1ccc(S(=O)(=O)N2CCCN(C(=O)NC(C)(C)C)CC2)c(C)c1. The Kier molecular flexibility index (Phi) is 5.79. The summed E-state index contributed by atoms with van der Waals surface area (Å²) in [5, 5.41) is 2.94. The van der Waals surface area contributed by atoms with Gasteiger partial charge in [0.05, 0.1) is 4.90 Å². The zero-order valence-electron chi connectivity index (χ0n) is 15.8. The second-order valence-corrected chi connectivity index (χ2v) is 9.60. The van der Waals surface area contributed by atoms with Gasteiger partial charge in [0.1, 0.15) is 0 Å². The average Bonchev–Trinajstić information content (AvgIpc) is 2.71. The molecule has 1 aliphatic rings. The maximum atomic E-state index is 13.0. The summed E-state index contributed by atoms with van der Waals surface area (Å²) in [5.74, 6) is 0. The third-order valence-electron chi connectivity index (χ3n) is 4.17. The van der Waals surface area contributed by atoms with Crippen molar-refractivity contribution in [1.29, 1.82) is 0 Å². The Balaban J connectivity index is 2.13. The molecule has 140 valence electrons. The Bertz CT molecular complexity index is 738. The number of benzene rings is 1. The van der Waals surface area contributed by atoms with E-state index in [9.17, 15) is 13.2 Å². The molecule has 0 unspecified atom stereocenters. The highest BCUT2D eigenvalue weighted by molar-refractivity contribution is 7.89. The number of rotatable bonds is 2. The van der Waals surface area contributed by atoms with Gasteiger partial charge in [0, 0.05) is 31.7 Å². The molecule has 0 aromatic heterocycles. The summed E-state index contributed by atoms with van der Waals surface area (Å²) in [7, 11) is -3.54. The molecule has 1 heterocycles. The van der Waals surface area contributed by atoms with E-state index in [1.807, 2.05) is 46.8 Å². The fourth-order valence-corrected chi connectivity index (χ4v) is 4.64. The van der Waals surface area contributed by atoms with Gasteiger partial charge in [-0.25, -0.2) is 13.2 Å². The minimum absolute atomic E-state index is 0.140. The van der Waals surface area contributed by atoms with Crippen molar-refractivity contribution in [3.05, 3.63) is 29.3 Å². The summed E-state index contributed by atoms with van der Waals surface area (Å²) in [5.41, 5.74) is 1.48. The predicted octanol–water partition coefficient (Wildman–Crippen LogP) is 2.51. The maximum absolute atomic E-state index is 13.0. The molecule has 0 bridgehead atoms. The number of carbonyl (C=O) groups excluding carboxylic acids is 1. The molecule has 1 aromatic carbocycles. The number of urea groups is 1. The quantitative estimate of drug-likeness (QED) is 0.873. The van der Waals surface area contributed by atoms with Gasteiger partial charge < -0.3 is 10.2 Å². The Morgan fingerprint density at radius 1 is 1.08 bits per heavy atom. The number of carbonyl (C=O) groups is 1. The van der Waals surface area contributed by atoms with Gasteiger partial charge in [-0.2, -0.15) is 4.31 Å². The Hall–Kier alpha value is -1.60. The zero-order valence-corrected chi connectivity index (χ0v) is 16.6. The van der Waals surface area contributed by atoms with Crippen molar-refractivity contribution in [2.45, 2.75) is 51.5 Å². The van der Waals surface area contributed by atoms with Gasteiger partial charge in [-0.3, -0.25) is 0 Å². The normalized spacial score (nSPS) is 17.2. The van der Waals surface area contributed by atoms with E-state index in [-0.39, 0.29) is 11.6 Å². The summed E-state index contributed by atoms with van der Waals surface area (Å²) in [6.07, 6.45) is 0.627. The number of hydrogen-bond donors (Lipinski definition) is 1. The van der Waals surface area contributed by atoms with E-state index in [0.29, 0.717) is 37.5 Å². The van der Waals surface area contributed by atoms with Crippen molar-refractivity contribution in [1.82, 2.24) is 14.5 Å². The second-order valence-electron chi connectivity index (χ2n) is 7.69. The fourth-order valence-electron chi connectivity index (χ4n) is 2.96. The molecule has 2 rings (SSSR count). The van der Waals surface area contributed by atoms with Crippen molar-refractivity contribution in [3.8, 4) is 0 Å². The molecule has 0 aliphatic carbocycles. The molecule has 2 amide bonds. The van der Waals surface area contributed by atoms with Crippen LogP contribution in [-0.4, -0.2) is 55.4 Å². The van der Waals surface area contributed by atoms with Crippen molar-refractivity contribution in [3.63, 3.8) is 0 Å². The fraction of sp³-hybridized carbons (Fsp3) is 0.611. The summed E-state index contributed by atoms with van der Waals surface area (Å²) < 4.78 is 27.5. The lowest BCUT2D eigenvalue weighted by molar-refractivity contribution is 0.191. The van der Waals surface area contributed by atoms with Crippen LogP contribution in [0.25, 0.3) is 0 Å². The molecule has 1 N–H and O–H groups in total. The smallest absolute Gasteiger partial charge is 0.317 e. The van der Waals surface area contributed by atoms with E-state index in [0.717, 1.165) is 11.1 Å². The van der Waals surface area contributed by atoms with Crippen LogP contribution < -0.4 is 5.32 Å². The highest BCUT2D eigenvalue weighted by Gasteiger charge is 2.30. The minimum atomic E-state index is -3.54. The van der Waals surface area contributed by atoms with Gasteiger partial charge in [-0.15, -0.1) is 0 Å². The highest BCUT2D eigenvalue weighted by Crippen LogP contribution is 2.22. The topological polar surface area (TPSA) is 69.7 Å². The van der Waals surface area contributed by atoms with Gasteiger partial charge in [0.15, 0.2) is 0 Å². The predicted molar refractivity (Wildman–Crippen MR) is 99.1 cm³/mol. The number of nitrogens with zero attached hydrogens (tertiary/aromatic N) is 2. The molecule has 1 saturated heterocycles. The van der Waals surface area contributed by atoms with Crippen LogP contribution in [0.2, 0.25) is 0 Å². The van der Waals surface area contributed by atoms with Crippen molar-refractivity contribution < 1.29 is 13.2 Å². The number of nitrogens with one attached hydrogen (secondary N) is 1. The van der Waals surface area contributed by atoms with Gasteiger partial charge in [0.2, 0.25) is 10.0 Å². The molecular weight excluding hydrogens is 338 g/mol. The van der Waals surface area contributed by atoms with Crippen molar-refractivity contribution in [2.24, 2.45) is 0 Å². The average molecular weight is 368 g/mol. The molecule has 25 heavy (non-hydrogen) atoms. The standard InChI is InChI=1S/C18H29N3O3S/c1-14-7-8-16(15(2)13-14)25(23,24)21-10-6-9-20(11-12-21)17(22)19-18(3,4)5/h7-8,13H,6,9-12H2,1-5H3,(H,19,22). The Morgan fingerprint density at radius 2 is 1.76 bits per heavy atom. The molecule has 0 spiro atoms. The summed E-state index contributed by atoms with van der Waals surface area (Å²) in [6.45, 7) is 11.2. The summed E-state index contributed by atoms with van der Waals surface area (Å²) >= 11 is 0. The maximum Gasteiger partial charge on any atom is 0.317 e. The van der Waals surface area contributed by atoms with E-state index in [4.69, 9.17) is 0 Å². The molecule has 1 aliphatic heterocycles. The second kappa shape index (κ2) is 7.33. The van der Waals surface area contributed by atoms with Gasteiger partial charge in [0.25, 0.3) is 0 Å². The Morgan fingerprint density at radius 3 is 2.36 bits per heavy atom. The first-order valence-electron chi connectivity index (χ1n) is 8.65.